The minimum atomic E-state index is -0.272. The Labute approximate surface area is 237 Å². The second-order valence-electron chi connectivity index (χ2n) is 11.9. The molecule has 2 aromatic carbocycles. The molecule has 206 valence electrons. The van der Waals surface area contributed by atoms with E-state index in [9.17, 15) is 4.79 Å². The van der Waals surface area contributed by atoms with Crippen LogP contribution in [0.25, 0.3) is 33.1 Å². The Balaban J connectivity index is 1.41. The summed E-state index contributed by atoms with van der Waals surface area (Å²) < 4.78 is 10.1. The van der Waals surface area contributed by atoms with Gasteiger partial charge in [-0.15, -0.1) is 0 Å². The molecule has 0 N–H and O–H groups in total. The van der Waals surface area contributed by atoms with Crippen LogP contribution in [0.2, 0.25) is 0 Å². The number of esters is 1. The Morgan fingerprint density at radius 3 is 2.58 bits per heavy atom. The third-order valence-electron chi connectivity index (χ3n) is 9.45. The number of para-hydroxylation sites is 1. The minimum Gasteiger partial charge on any atom is -0.465 e. The van der Waals surface area contributed by atoms with Crippen LogP contribution < -0.4 is 0 Å². The summed E-state index contributed by atoms with van der Waals surface area (Å²) in [4.78, 5) is 15.0. The van der Waals surface area contributed by atoms with Crippen molar-refractivity contribution in [2.45, 2.75) is 76.8 Å². The molecule has 0 bridgehead atoms. The van der Waals surface area contributed by atoms with Crippen molar-refractivity contribution >= 4 is 27.8 Å². The highest BCUT2D eigenvalue weighted by atomic mass is 16.5. The van der Waals surface area contributed by atoms with Crippen LogP contribution in [0.5, 0.6) is 0 Å². The van der Waals surface area contributed by atoms with E-state index in [1.165, 1.54) is 105 Å². The Morgan fingerprint density at radius 1 is 0.925 bits per heavy atom. The minimum absolute atomic E-state index is 0.272. The number of aromatic nitrogens is 2. The van der Waals surface area contributed by atoms with E-state index >= 15 is 0 Å². The predicted molar refractivity (Wildman–Crippen MR) is 162 cm³/mol. The van der Waals surface area contributed by atoms with E-state index in [0.717, 1.165) is 37.1 Å². The summed E-state index contributed by atoms with van der Waals surface area (Å²) in [5, 5.41) is 2.56. The maximum atomic E-state index is 12.5. The van der Waals surface area contributed by atoms with Crippen LogP contribution in [0.3, 0.4) is 0 Å². The number of hydrogen-bond donors (Lipinski definition) is 0. The smallest absolute Gasteiger partial charge is 0.337 e. The fraction of sp³-hybridized carbons (Fsp3) is 0.457. The average molecular weight is 534 g/mol. The summed E-state index contributed by atoms with van der Waals surface area (Å²) in [6, 6.07) is 13.0. The Bertz CT molecular complexity index is 1630. The van der Waals surface area contributed by atoms with Crippen molar-refractivity contribution in [1.82, 2.24) is 14.0 Å². The van der Waals surface area contributed by atoms with Gasteiger partial charge in [-0.2, -0.15) is 0 Å². The number of methoxy groups -OCH3 is 1. The number of aryl methyl sites for hydroxylation is 2. The molecule has 1 aliphatic carbocycles. The van der Waals surface area contributed by atoms with Gasteiger partial charge in [-0.25, -0.2) is 4.79 Å². The molecule has 0 amide bonds. The van der Waals surface area contributed by atoms with E-state index in [0.29, 0.717) is 11.5 Å². The van der Waals surface area contributed by atoms with Crippen LogP contribution in [-0.2, 0) is 17.8 Å². The van der Waals surface area contributed by atoms with Gasteiger partial charge in [-0.1, -0.05) is 61.8 Å². The normalized spacial score (nSPS) is 18.1. The van der Waals surface area contributed by atoms with Crippen LogP contribution in [0.4, 0.5) is 0 Å². The first-order chi connectivity index (χ1) is 19.7. The highest BCUT2D eigenvalue weighted by molar-refractivity contribution is 6.04. The summed E-state index contributed by atoms with van der Waals surface area (Å²) >= 11 is 0. The van der Waals surface area contributed by atoms with Crippen molar-refractivity contribution in [3.63, 3.8) is 0 Å². The van der Waals surface area contributed by atoms with Crippen LogP contribution in [0.15, 0.2) is 42.6 Å². The molecule has 1 saturated heterocycles. The van der Waals surface area contributed by atoms with Gasteiger partial charge in [0.05, 0.1) is 36.0 Å². The molecule has 1 saturated carbocycles. The summed E-state index contributed by atoms with van der Waals surface area (Å²) in [5.74, 6) is 7.35. The van der Waals surface area contributed by atoms with Gasteiger partial charge in [0.15, 0.2) is 0 Å². The number of carbonyl (C=O) groups is 1. The maximum absolute atomic E-state index is 12.5. The fourth-order valence-corrected chi connectivity index (χ4v) is 7.54. The third-order valence-corrected chi connectivity index (χ3v) is 9.45. The van der Waals surface area contributed by atoms with Gasteiger partial charge in [0.1, 0.15) is 0 Å². The molecule has 0 unspecified atom stereocenters. The highest BCUT2D eigenvalue weighted by Gasteiger charge is 2.29. The number of benzene rings is 2. The first-order valence-electron chi connectivity index (χ1n) is 15.3. The van der Waals surface area contributed by atoms with Crippen molar-refractivity contribution in [2.24, 2.45) is 0 Å². The van der Waals surface area contributed by atoms with E-state index in [2.05, 4.69) is 62.4 Å². The lowest BCUT2D eigenvalue weighted by Crippen LogP contribution is -2.29. The molecule has 0 spiro atoms. The molecule has 2 aromatic heterocycles. The van der Waals surface area contributed by atoms with E-state index in [1.807, 2.05) is 6.07 Å². The molecule has 2 fully saturated rings. The van der Waals surface area contributed by atoms with E-state index in [-0.39, 0.29) is 5.97 Å². The fourth-order valence-electron chi connectivity index (χ4n) is 7.54. The summed E-state index contributed by atoms with van der Waals surface area (Å²) in [6.07, 6.45) is 13.6. The first-order valence-corrected chi connectivity index (χ1v) is 15.3. The van der Waals surface area contributed by atoms with Crippen LogP contribution >= 0.6 is 0 Å². The van der Waals surface area contributed by atoms with Crippen LogP contribution in [0.1, 0.15) is 85.2 Å². The molecule has 5 heteroatoms. The SMILES string of the molecule is COC(=O)c1ccc2c(C3CCCCC3)c3n(c2c1)CCCn1cc(C#CCN2CCCCC2)c2cccc-3c21. The standard InChI is InChI=1S/C35H39N3O2/c1-40-35(39)26-16-17-29-31(23-26)38-22-10-21-37-24-27(13-9-20-36-18-6-3-7-19-36)28-14-8-15-30(33(28)37)34(38)32(29)25-11-4-2-5-12-25/h8,14-17,23-25H,2-7,10-12,18-22H2,1H3. The third kappa shape index (κ3) is 4.43. The van der Waals surface area contributed by atoms with E-state index < -0.39 is 0 Å². The summed E-state index contributed by atoms with van der Waals surface area (Å²) in [6.45, 7) is 5.08. The zero-order valence-corrected chi connectivity index (χ0v) is 23.7. The lowest BCUT2D eigenvalue weighted by molar-refractivity contribution is 0.0601. The maximum Gasteiger partial charge on any atom is 0.337 e. The lowest BCUT2D eigenvalue weighted by Gasteiger charge is -2.25. The first kappa shape index (κ1) is 25.5. The van der Waals surface area contributed by atoms with Gasteiger partial charge in [0.2, 0.25) is 0 Å². The van der Waals surface area contributed by atoms with Crippen molar-refractivity contribution in [1.29, 1.82) is 0 Å². The number of ether oxygens (including phenoxy) is 1. The molecular formula is C35H39N3O2. The molecule has 3 aliphatic rings. The van der Waals surface area contributed by atoms with E-state index in [1.54, 1.807) is 0 Å². The number of likely N-dealkylation sites (tertiary alicyclic amines) is 1. The van der Waals surface area contributed by atoms with E-state index in [4.69, 9.17) is 4.74 Å². The van der Waals surface area contributed by atoms with Gasteiger partial charge in [0.25, 0.3) is 0 Å². The number of piperidine rings is 1. The van der Waals surface area contributed by atoms with Gasteiger partial charge >= 0.3 is 5.97 Å². The second kappa shape index (κ2) is 10.8. The Hall–Kier alpha value is -3.49. The van der Waals surface area contributed by atoms with Crippen molar-refractivity contribution in [3.05, 3.63) is 59.3 Å². The zero-order chi connectivity index (χ0) is 27.1. The molecule has 0 atom stereocenters. The van der Waals surface area contributed by atoms with Gasteiger partial charge in [0, 0.05) is 41.1 Å². The van der Waals surface area contributed by atoms with Crippen molar-refractivity contribution < 1.29 is 9.53 Å². The quantitative estimate of drug-likeness (QED) is 0.204. The molecule has 5 nitrogen and oxygen atoms in total. The summed E-state index contributed by atoms with van der Waals surface area (Å²) in [5.41, 5.74) is 8.37. The molecule has 4 aromatic rings. The summed E-state index contributed by atoms with van der Waals surface area (Å²) in [7, 11) is 1.46. The molecule has 0 radical (unpaired) electrons. The van der Waals surface area contributed by atoms with Crippen LogP contribution in [0, 0.1) is 11.8 Å². The van der Waals surface area contributed by atoms with Gasteiger partial charge in [-0.3, -0.25) is 4.90 Å². The van der Waals surface area contributed by atoms with Crippen LogP contribution in [-0.4, -0.2) is 46.7 Å². The Kier molecular flexibility index (Phi) is 6.89. The molecule has 2 aliphatic heterocycles. The van der Waals surface area contributed by atoms with Gasteiger partial charge < -0.3 is 13.9 Å². The second-order valence-corrected chi connectivity index (χ2v) is 11.9. The van der Waals surface area contributed by atoms with Crippen molar-refractivity contribution in [2.75, 3.05) is 26.7 Å². The number of rotatable bonds is 3. The number of fused-ring (bicyclic) bond motifs is 4. The molecule has 40 heavy (non-hydrogen) atoms. The molecule has 7 rings (SSSR count). The number of carbonyl (C=O) groups excluding carboxylic acids is 1. The highest BCUT2D eigenvalue weighted by Crippen LogP contribution is 2.46. The topological polar surface area (TPSA) is 39.4 Å². The zero-order valence-electron chi connectivity index (χ0n) is 23.7. The monoisotopic (exact) mass is 533 g/mol. The number of hydrogen-bond acceptors (Lipinski definition) is 3. The molecule has 4 heterocycles. The largest absolute Gasteiger partial charge is 0.465 e. The lowest BCUT2D eigenvalue weighted by atomic mass is 9.81. The molecular weight excluding hydrogens is 494 g/mol. The Morgan fingerprint density at radius 2 is 1.75 bits per heavy atom. The van der Waals surface area contributed by atoms with Gasteiger partial charge in [-0.05, 0) is 68.8 Å². The average Bonchev–Trinajstić information content (AvgIpc) is 3.51. The predicted octanol–water partition coefficient (Wildman–Crippen LogP) is 7.34. The van der Waals surface area contributed by atoms with Crippen molar-refractivity contribution in [3.8, 4) is 23.1 Å². The number of nitrogens with zero attached hydrogens (tertiary/aromatic N) is 3.